The second-order valence-corrected chi connectivity index (χ2v) is 5.58. The van der Waals surface area contributed by atoms with Crippen molar-refractivity contribution in [1.29, 1.82) is 0 Å². The molecule has 1 aromatic heterocycles. The van der Waals surface area contributed by atoms with Gasteiger partial charge in [-0.3, -0.25) is 14.2 Å². The van der Waals surface area contributed by atoms with E-state index in [1.807, 2.05) is 31.2 Å². The van der Waals surface area contributed by atoms with E-state index >= 15 is 0 Å². The third-order valence-electron chi connectivity index (χ3n) is 3.99. The minimum atomic E-state index is -0.262. The van der Waals surface area contributed by atoms with Gasteiger partial charge in [0, 0.05) is 24.2 Å². The normalized spacial score (nSPS) is 10.6. The van der Waals surface area contributed by atoms with Gasteiger partial charge in [0.15, 0.2) is 0 Å². The summed E-state index contributed by atoms with van der Waals surface area (Å²) in [6, 6.07) is 12.9. The van der Waals surface area contributed by atoms with E-state index in [9.17, 15) is 9.59 Å². The first kappa shape index (κ1) is 15.8. The minimum Gasteiger partial charge on any atom is -0.497 e. The maximum Gasteiger partial charge on any atom is 0.257 e. The number of rotatable bonds is 3. The molecule has 122 valence electrons. The van der Waals surface area contributed by atoms with Crippen molar-refractivity contribution in [1.82, 2.24) is 4.57 Å². The molecule has 0 bridgehead atoms. The Kier molecular flexibility index (Phi) is 4.08. The van der Waals surface area contributed by atoms with Crippen LogP contribution in [-0.4, -0.2) is 23.5 Å². The van der Waals surface area contributed by atoms with Crippen LogP contribution in [0.4, 0.5) is 5.69 Å². The lowest BCUT2D eigenvalue weighted by molar-refractivity contribution is 0.0941. The van der Waals surface area contributed by atoms with E-state index in [4.69, 9.17) is 4.74 Å². The van der Waals surface area contributed by atoms with Crippen LogP contribution in [0.3, 0.4) is 0 Å². The molecular formula is C19H18N2O3. The van der Waals surface area contributed by atoms with Crippen molar-refractivity contribution in [2.45, 2.75) is 13.8 Å². The molecule has 0 aliphatic rings. The lowest BCUT2D eigenvalue weighted by Crippen LogP contribution is -2.12. The number of nitrogens with zero attached hydrogens (tertiary/aromatic N) is 1. The number of fused-ring (bicyclic) bond motifs is 1. The maximum atomic E-state index is 12.7. The third kappa shape index (κ3) is 2.76. The van der Waals surface area contributed by atoms with Crippen LogP contribution >= 0.6 is 0 Å². The highest BCUT2D eigenvalue weighted by Crippen LogP contribution is 2.27. The van der Waals surface area contributed by atoms with Crippen LogP contribution in [-0.2, 0) is 0 Å². The Bertz CT molecular complexity index is 941. The number of para-hydroxylation sites is 1. The van der Waals surface area contributed by atoms with E-state index in [0.717, 1.165) is 11.3 Å². The molecule has 0 atom stereocenters. The van der Waals surface area contributed by atoms with E-state index in [0.29, 0.717) is 22.2 Å². The number of hydrogen-bond acceptors (Lipinski definition) is 3. The Morgan fingerprint density at radius 2 is 1.88 bits per heavy atom. The molecule has 0 radical (unpaired) electrons. The molecule has 5 nitrogen and oxygen atoms in total. The van der Waals surface area contributed by atoms with Gasteiger partial charge in [-0.25, -0.2) is 0 Å². The van der Waals surface area contributed by atoms with E-state index in [-0.39, 0.29) is 11.8 Å². The summed E-state index contributed by atoms with van der Waals surface area (Å²) in [5.41, 5.74) is 2.83. The molecule has 0 unspecified atom stereocenters. The summed E-state index contributed by atoms with van der Waals surface area (Å²) in [5, 5.41) is 3.58. The third-order valence-corrected chi connectivity index (χ3v) is 3.99. The molecule has 1 heterocycles. The largest absolute Gasteiger partial charge is 0.497 e. The van der Waals surface area contributed by atoms with Gasteiger partial charge in [-0.05, 0) is 36.8 Å². The molecule has 5 heteroatoms. The summed E-state index contributed by atoms with van der Waals surface area (Å²) < 4.78 is 6.71. The summed E-state index contributed by atoms with van der Waals surface area (Å²) >= 11 is 0. The smallest absolute Gasteiger partial charge is 0.257 e. The lowest BCUT2D eigenvalue weighted by Gasteiger charge is -2.07. The molecule has 1 N–H and O–H groups in total. The lowest BCUT2D eigenvalue weighted by atomic mass is 10.1. The average Bonchev–Trinajstić information content (AvgIpc) is 2.96. The maximum absolute atomic E-state index is 12.7. The van der Waals surface area contributed by atoms with Crippen LogP contribution in [0.1, 0.15) is 27.6 Å². The van der Waals surface area contributed by atoms with E-state index in [2.05, 4.69) is 5.32 Å². The van der Waals surface area contributed by atoms with Crippen LogP contribution in [0.15, 0.2) is 48.7 Å². The van der Waals surface area contributed by atoms with Gasteiger partial charge >= 0.3 is 0 Å². The summed E-state index contributed by atoms with van der Waals surface area (Å²) in [6.45, 7) is 3.39. The van der Waals surface area contributed by atoms with Gasteiger partial charge in [0.25, 0.3) is 5.91 Å². The van der Waals surface area contributed by atoms with Crippen LogP contribution in [0.25, 0.3) is 10.9 Å². The first-order chi connectivity index (χ1) is 11.5. The Morgan fingerprint density at radius 1 is 1.12 bits per heavy atom. The number of hydrogen-bond donors (Lipinski definition) is 1. The number of aromatic nitrogens is 1. The van der Waals surface area contributed by atoms with E-state index in [1.54, 1.807) is 31.5 Å². The molecule has 0 fully saturated rings. The second-order valence-electron chi connectivity index (χ2n) is 5.58. The first-order valence-electron chi connectivity index (χ1n) is 7.58. The highest BCUT2D eigenvalue weighted by molar-refractivity contribution is 6.14. The van der Waals surface area contributed by atoms with Gasteiger partial charge < -0.3 is 10.1 Å². The topological polar surface area (TPSA) is 60.3 Å². The van der Waals surface area contributed by atoms with E-state index < -0.39 is 0 Å². The van der Waals surface area contributed by atoms with Crippen LogP contribution in [0, 0.1) is 6.92 Å². The molecule has 1 amide bonds. The molecule has 2 aromatic carbocycles. The summed E-state index contributed by atoms with van der Waals surface area (Å²) in [4.78, 5) is 24.6. The molecule has 0 aliphatic heterocycles. The van der Waals surface area contributed by atoms with Crippen molar-refractivity contribution >= 4 is 28.4 Å². The first-order valence-corrected chi connectivity index (χ1v) is 7.58. The number of amides is 1. The zero-order valence-electron chi connectivity index (χ0n) is 13.8. The van der Waals surface area contributed by atoms with Gasteiger partial charge in [0.05, 0.1) is 18.2 Å². The number of nitrogens with one attached hydrogen (secondary N) is 1. The van der Waals surface area contributed by atoms with Crippen molar-refractivity contribution in [2.75, 3.05) is 12.4 Å². The Hall–Kier alpha value is -3.08. The summed E-state index contributed by atoms with van der Waals surface area (Å²) in [5.74, 6) is 0.219. The number of methoxy groups -OCH3 is 1. The molecule has 0 spiro atoms. The number of carbonyl (C=O) groups excluding carboxylic acids is 2. The van der Waals surface area contributed by atoms with Crippen molar-refractivity contribution in [3.63, 3.8) is 0 Å². The number of anilines is 1. The molecule has 3 rings (SSSR count). The summed E-state index contributed by atoms with van der Waals surface area (Å²) in [6.07, 6.45) is 1.57. The quantitative estimate of drug-likeness (QED) is 0.796. The van der Waals surface area contributed by atoms with Crippen molar-refractivity contribution in [2.24, 2.45) is 0 Å². The fourth-order valence-corrected chi connectivity index (χ4v) is 2.68. The molecule has 24 heavy (non-hydrogen) atoms. The number of aryl methyl sites for hydroxylation is 1. The van der Waals surface area contributed by atoms with Crippen LogP contribution in [0.5, 0.6) is 5.75 Å². The highest BCUT2D eigenvalue weighted by Gasteiger charge is 2.18. The molecule has 0 saturated carbocycles. The van der Waals surface area contributed by atoms with Crippen molar-refractivity contribution in [3.05, 3.63) is 59.8 Å². The fourth-order valence-electron chi connectivity index (χ4n) is 2.68. The second kappa shape index (κ2) is 6.20. The Labute approximate surface area is 139 Å². The summed E-state index contributed by atoms with van der Waals surface area (Å²) in [7, 11) is 1.57. The van der Waals surface area contributed by atoms with Crippen LogP contribution < -0.4 is 10.1 Å². The van der Waals surface area contributed by atoms with Gasteiger partial charge in [-0.15, -0.1) is 0 Å². The number of benzene rings is 2. The molecular weight excluding hydrogens is 304 g/mol. The van der Waals surface area contributed by atoms with Crippen LogP contribution in [0.2, 0.25) is 0 Å². The van der Waals surface area contributed by atoms with Gasteiger partial charge in [-0.2, -0.15) is 0 Å². The predicted octanol–water partition coefficient (Wildman–Crippen LogP) is 3.87. The molecule has 0 saturated heterocycles. The van der Waals surface area contributed by atoms with Gasteiger partial charge in [-0.1, -0.05) is 18.2 Å². The average molecular weight is 322 g/mol. The Balaban J connectivity index is 2.09. The Morgan fingerprint density at radius 3 is 2.54 bits per heavy atom. The highest BCUT2D eigenvalue weighted by atomic mass is 16.5. The van der Waals surface area contributed by atoms with Crippen molar-refractivity contribution < 1.29 is 14.3 Å². The molecule has 3 aromatic rings. The van der Waals surface area contributed by atoms with E-state index in [1.165, 1.54) is 11.5 Å². The minimum absolute atomic E-state index is 0.153. The predicted molar refractivity (Wildman–Crippen MR) is 93.9 cm³/mol. The zero-order chi connectivity index (χ0) is 17.3. The zero-order valence-corrected chi connectivity index (χ0v) is 13.8. The molecule has 0 aliphatic carbocycles. The fraction of sp³-hybridized carbons (Fsp3) is 0.158. The van der Waals surface area contributed by atoms with Crippen molar-refractivity contribution in [3.8, 4) is 5.75 Å². The van der Waals surface area contributed by atoms with Gasteiger partial charge in [0.2, 0.25) is 5.91 Å². The van der Waals surface area contributed by atoms with Gasteiger partial charge in [0.1, 0.15) is 5.75 Å². The monoisotopic (exact) mass is 322 g/mol. The number of ether oxygens (including phenoxy) is 1. The SMILES string of the molecule is COc1ccc2c(c1)c(C(=O)Nc1ccccc1C)cn2C(C)=O. The number of carbonyl (C=O) groups is 2. The standard InChI is InChI=1S/C19H18N2O3/c1-12-6-4-5-7-17(12)20-19(23)16-11-21(13(2)22)18-9-8-14(24-3)10-15(16)18/h4-11H,1-3H3,(H,20,23).